The number of hydrogen-bond acceptors (Lipinski definition) is 9. The normalized spacial score (nSPS) is 10.6. The number of hydrogen-bond donors (Lipinski definition) is 1. The zero-order valence-electron chi connectivity index (χ0n) is 18.6. The van der Waals surface area contributed by atoms with E-state index < -0.39 is 19.3 Å². The van der Waals surface area contributed by atoms with Crippen LogP contribution in [0.1, 0.15) is 12.6 Å². The van der Waals surface area contributed by atoms with Crippen molar-refractivity contribution < 1.29 is 103 Å². The standard InChI is InChI=1S/C18H21O9P.2Na.H/c1-23-13-8-7-12(16(19)18(13)27-28(20,21)22)6-5-11-9-14(24-2)17(26-4)15(10-11)25-3;;;/h5-10,19H,1-4H3,(H2,20,21,22);;;/q;2*+1;-1/p-2/b6-5-;;;. The van der Waals surface area contributed by atoms with E-state index in [9.17, 15) is 19.5 Å². The summed E-state index contributed by atoms with van der Waals surface area (Å²) in [4.78, 5) is 21.9. The van der Waals surface area contributed by atoms with Crippen LogP contribution in [0.15, 0.2) is 24.3 Å². The number of phosphoric ester groups is 1. The van der Waals surface area contributed by atoms with Gasteiger partial charge < -0.3 is 44.4 Å². The number of methoxy groups -OCH3 is 4. The molecule has 30 heavy (non-hydrogen) atoms. The van der Waals surface area contributed by atoms with Gasteiger partial charge in [-0.3, -0.25) is 0 Å². The predicted octanol–water partition coefficient (Wildman–Crippen LogP) is -4.07. The summed E-state index contributed by atoms with van der Waals surface area (Å²) < 4.78 is 36.0. The van der Waals surface area contributed by atoms with Crippen molar-refractivity contribution in [1.82, 2.24) is 0 Å². The second-order valence-electron chi connectivity index (χ2n) is 5.37. The third-order valence-corrected chi connectivity index (χ3v) is 4.10. The zero-order valence-corrected chi connectivity index (χ0v) is 22.5. The molecule has 0 aliphatic rings. The summed E-state index contributed by atoms with van der Waals surface area (Å²) in [6.07, 6.45) is 3.10. The number of aromatic hydroxyl groups is 1. The van der Waals surface area contributed by atoms with Gasteiger partial charge in [-0.1, -0.05) is 12.2 Å². The number of phenols is 1. The fourth-order valence-corrected chi connectivity index (χ4v) is 2.85. The molecule has 0 aliphatic heterocycles. The Labute approximate surface area is 220 Å². The Morgan fingerprint density at radius 3 is 1.83 bits per heavy atom. The summed E-state index contributed by atoms with van der Waals surface area (Å²) in [5.74, 6) is 0.0465. The molecular weight excluding hydrogens is 437 g/mol. The maximum Gasteiger partial charge on any atom is 1.00 e. The van der Waals surface area contributed by atoms with E-state index >= 15 is 0 Å². The van der Waals surface area contributed by atoms with Gasteiger partial charge in [0.25, 0.3) is 0 Å². The van der Waals surface area contributed by atoms with Gasteiger partial charge >= 0.3 is 59.1 Å². The van der Waals surface area contributed by atoms with Crippen molar-refractivity contribution in [3.63, 3.8) is 0 Å². The SMILES string of the molecule is COc1cc(/C=C\c2ccc(OC)c(OP(=O)([O-])[O-])c2O)cc(OC)c1OC.[H-].[Na+].[Na+]. The molecule has 0 aromatic heterocycles. The van der Waals surface area contributed by atoms with E-state index in [1.54, 1.807) is 18.2 Å². The molecule has 0 saturated carbocycles. The first-order valence-corrected chi connectivity index (χ1v) is 9.29. The van der Waals surface area contributed by atoms with Crippen LogP contribution in [0.3, 0.4) is 0 Å². The Kier molecular flexibility index (Phi) is 12.5. The molecule has 0 radical (unpaired) electrons. The van der Waals surface area contributed by atoms with E-state index in [4.69, 9.17) is 18.9 Å². The fraction of sp³-hybridized carbons (Fsp3) is 0.222. The van der Waals surface area contributed by atoms with Crippen LogP contribution >= 0.6 is 7.82 Å². The zero-order chi connectivity index (χ0) is 20.9. The van der Waals surface area contributed by atoms with Crippen molar-refractivity contribution in [1.29, 1.82) is 0 Å². The number of benzene rings is 2. The van der Waals surface area contributed by atoms with Gasteiger partial charge in [0.05, 0.1) is 28.4 Å². The maximum atomic E-state index is 10.9. The molecule has 9 nitrogen and oxygen atoms in total. The first kappa shape index (κ1) is 29.1. The minimum atomic E-state index is -5.39. The molecule has 2 aromatic carbocycles. The number of phenolic OH excluding ortho intramolecular Hbond substituents is 1. The van der Waals surface area contributed by atoms with Gasteiger partial charge in [-0.25, -0.2) is 0 Å². The monoisotopic (exact) mass is 457 g/mol. The molecule has 0 unspecified atom stereocenters. The van der Waals surface area contributed by atoms with Crippen LogP contribution in [0.4, 0.5) is 0 Å². The Morgan fingerprint density at radius 1 is 0.867 bits per heavy atom. The molecule has 2 aromatic rings. The van der Waals surface area contributed by atoms with E-state index in [0.29, 0.717) is 22.8 Å². The molecule has 0 aliphatic carbocycles. The van der Waals surface area contributed by atoms with Crippen LogP contribution in [-0.2, 0) is 4.57 Å². The summed E-state index contributed by atoms with van der Waals surface area (Å²) in [6.45, 7) is 0. The topological polar surface area (TPSA) is 130 Å². The van der Waals surface area contributed by atoms with Gasteiger partial charge in [0.2, 0.25) is 11.5 Å². The summed E-state index contributed by atoms with van der Waals surface area (Å²) in [5.41, 5.74) is 0.837. The summed E-state index contributed by atoms with van der Waals surface area (Å²) >= 11 is 0. The van der Waals surface area contributed by atoms with E-state index in [2.05, 4.69) is 4.52 Å². The van der Waals surface area contributed by atoms with Crippen LogP contribution in [0.25, 0.3) is 12.2 Å². The van der Waals surface area contributed by atoms with Gasteiger partial charge in [-0.15, -0.1) is 0 Å². The van der Waals surface area contributed by atoms with Crippen molar-refractivity contribution in [2.45, 2.75) is 0 Å². The molecule has 0 saturated heterocycles. The minimum absolute atomic E-state index is 0. The average Bonchev–Trinajstić information content (AvgIpc) is 2.66. The van der Waals surface area contributed by atoms with E-state index in [1.807, 2.05) is 0 Å². The summed E-state index contributed by atoms with van der Waals surface area (Å²) in [6, 6.07) is 6.19. The number of rotatable bonds is 8. The number of ether oxygens (including phenoxy) is 4. The van der Waals surface area contributed by atoms with E-state index in [-0.39, 0.29) is 71.9 Å². The van der Waals surface area contributed by atoms with Crippen molar-refractivity contribution in [2.24, 2.45) is 0 Å². The van der Waals surface area contributed by atoms with Crippen LogP contribution < -0.4 is 92.4 Å². The van der Waals surface area contributed by atoms with E-state index in [1.165, 1.54) is 46.6 Å². The van der Waals surface area contributed by atoms with Crippen molar-refractivity contribution in [3.05, 3.63) is 35.4 Å². The van der Waals surface area contributed by atoms with Gasteiger partial charge in [-0.2, -0.15) is 0 Å². The van der Waals surface area contributed by atoms with Gasteiger partial charge in [0.1, 0.15) is 7.82 Å². The van der Waals surface area contributed by atoms with Crippen LogP contribution in [-0.4, -0.2) is 33.5 Å². The predicted molar refractivity (Wildman–Crippen MR) is 99.0 cm³/mol. The average molecular weight is 457 g/mol. The maximum absolute atomic E-state index is 10.9. The summed E-state index contributed by atoms with van der Waals surface area (Å²) in [5, 5.41) is 10.3. The molecular formula is C18H20Na2O9P-. The fourth-order valence-electron chi connectivity index (χ4n) is 2.45. The minimum Gasteiger partial charge on any atom is -1.00 e. The molecule has 0 atom stereocenters. The third-order valence-electron chi connectivity index (χ3n) is 3.69. The Bertz CT molecular complexity index is 909. The second-order valence-corrected chi connectivity index (χ2v) is 6.44. The first-order chi connectivity index (χ1) is 13.2. The molecule has 1 N–H and O–H groups in total. The van der Waals surface area contributed by atoms with Gasteiger partial charge in [0, 0.05) is 5.56 Å². The molecule has 0 bridgehead atoms. The van der Waals surface area contributed by atoms with Crippen LogP contribution in [0.5, 0.6) is 34.5 Å². The number of phosphoric acid groups is 1. The molecule has 0 heterocycles. The molecule has 2 rings (SSSR count). The van der Waals surface area contributed by atoms with Crippen LogP contribution in [0, 0.1) is 0 Å². The van der Waals surface area contributed by atoms with Crippen molar-refractivity contribution in [2.75, 3.05) is 28.4 Å². The second kappa shape index (κ2) is 12.9. The largest absolute Gasteiger partial charge is 1.00 e. The molecule has 0 fully saturated rings. The Balaban J connectivity index is 0. The first-order valence-electron chi connectivity index (χ1n) is 7.83. The quantitative estimate of drug-likeness (QED) is 0.239. The Morgan fingerprint density at radius 2 is 1.40 bits per heavy atom. The molecule has 154 valence electrons. The van der Waals surface area contributed by atoms with E-state index in [0.717, 1.165) is 0 Å². The van der Waals surface area contributed by atoms with Gasteiger partial charge in [-0.05, 0) is 29.8 Å². The third kappa shape index (κ3) is 7.37. The van der Waals surface area contributed by atoms with Crippen LogP contribution in [0.2, 0.25) is 0 Å². The smallest absolute Gasteiger partial charge is 1.00 e. The Hall–Kier alpha value is -0.870. The van der Waals surface area contributed by atoms with Crippen molar-refractivity contribution >= 4 is 20.0 Å². The van der Waals surface area contributed by atoms with Crippen molar-refractivity contribution in [3.8, 4) is 34.5 Å². The van der Waals surface area contributed by atoms with Gasteiger partial charge in [0.15, 0.2) is 23.0 Å². The summed E-state index contributed by atoms with van der Waals surface area (Å²) in [7, 11) is 0.294. The molecule has 0 spiro atoms. The molecule has 0 amide bonds. The molecule has 12 heteroatoms.